The molecule has 0 aromatic carbocycles. The Labute approximate surface area is 79.7 Å². The summed E-state index contributed by atoms with van der Waals surface area (Å²) in [6.45, 7) is 2.90. The highest BCUT2D eigenvalue weighted by atomic mass is 32.2. The van der Waals surface area contributed by atoms with Gasteiger partial charge in [0.1, 0.15) is 0 Å². The van der Waals surface area contributed by atoms with Crippen molar-refractivity contribution in [3.8, 4) is 0 Å². The van der Waals surface area contributed by atoms with E-state index in [1.165, 1.54) is 30.8 Å². The summed E-state index contributed by atoms with van der Waals surface area (Å²) in [4.78, 5) is 0. The van der Waals surface area contributed by atoms with Crippen molar-refractivity contribution in [3.05, 3.63) is 0 Å². The van der Waals surface area contributed by atoms with E-state index in [2.05, 4.69) is 17.1 Å². The average Bonchev–Trinajstić information content (AvgIpc) is 2.14. The molecule has 0 spiro atoms. The zero-order valence-corrected chi connectivity index (χ0v) is 8.54. The maximum Gasteiger partial charge on any atom is 0.00745 e. The van der Waals surface area contributed by atoms with Gasteiger partial charge in [-0.2, -0.15) is 11.8 Å². The molecule has 12 heavy (non-hydrogen) atoms. The Hall–Kier alpha value is 0.270. The second-order valence-electron chi connectivity index (χ2n) is 3.38. The van der Waals surface area contributed by atoms with Crippen LogP contribution in [-0.4, -0.2) is 31.1 Å². The van der Waals surface area contributed by atoms with Gasteiger partial charge in [0.05, 0.1) is 0 Å². The lowest BCUT2D eigenvalue weighted by Crippen LogP contribution is -2.25. The Balaban J connectivity index is 1.91. The van der Waals surface area contributed by atoms with Crippen LogP contribution in [0.3, 0.4) is 0 Å². The minimum Gasteiger partial charge on any atom is -0.329 e. The van der Waals surface area contributed by atoms with Gasteiger partial charge in [-0.15, -0.1) is 0 Å². The van der Waals surface area contributed by atoms with Crippen LogP contribution in [-0.2, 0) is 0 Å². The normalized spacial score (nSPS) is 19.8. The van der Waals surface area contributed by atoms with E-state index < -0.39 is 0 Å². The zero-order chi connectivity index (χ0) is 8.65. The summed E-state index contributed by atoms with van der Waals surface area (Å²) in [5, 5.41) is 3.35. The molecule has 0 radical (unpaired) electrons. The van der Waals surface area contributed by atoms with Gasteiger partial charge in [-0.3, -0.25) is 0 Å². The molecule has 1 heterocycles. The molecule has 3 N–H and O–H groups in total. The zero-order valence-electron chi connectivity index (χ0n) is 7.72. The van der Waals surface area contributed by atoms with E-state index in [1.807, 2.05) is 0 Å². The lowest BCUT2D eigenvalue weighted by atomic mass is 9.99. The third-order valence-corrected chi connectivity index (χ3v) is 3.44. The summed E-state index contributed by atoms with van der Waals surface area (Å²) in [7, 11) is 0. The molecule has 0 aromatic heterocycles. The molecule has 1 aliphatic rings. The lowest BCUT2D eigenvalue weighted by Gasteiger charge is -2.21. The predicted octanol–water partition coefficient (Wildman–Crippen LogP) is 1.07. The van der Waals surface area contributed by atoms with Crippen LogP contribution in [0.1, 0.15) is 19.3 Å². The molecule has 0 aromatic rings. The summed E-state index contributed by atoms with van der Waals surface area (Å²) < 4.78 is 0. The summed E-state index contributed by atoms with van der Waals surface area (Å²) in [6.07, 6.45) is 4.20. The van der Waals surface area contributed by atoms with Crippen LogP contribution >= 0.6 is 11.8 Å². The molecule has 3 heteroatoms. The van der Waals surface area contributed by atoms with E-state index in [0.29, 0.717) is 0 Å². The number of nitrogens with two attached hydrogens (primary N) is 1. The smallest absolute Gasteiger partial charge is 0.00745 e. The first-order valence-electron chi connectivity index (χ1n) is 4.92. The quantitative estimate of drug-likeness (QED) is 0.634. The number of thioether (sulfide) groups is 1. The van der Waals surface area contributed by atoms with Crippen molar-refractivity contribution in [2.24, 2.45) is 11.7 Å². The van der Waals surface area contributed by atoms with Crippen molar-refractivity contribution in [2.45, 2.75) is 19.3 Å². The van der Waals surface area contributed by atoms with E-state index in [4.69, 9.17) is 5.73 Å². The molecule has 2 nitrogen and oxygen atoms in total. The van der Waals surface area contributed by atoms with Gasteiger partial charge in [0, 0.05) is 13.1 Å². The van der Waals surface area contributed by atoms with Gasteiger partial charge >= 0.3 is 0 Å². The van der Waals surface area contributed by atoms with E-state index in [9.17, 15) is 0 Å². The van der Waals surface area contributed by atoms with Crippen molar-refractivity contribution in [1.82, 2.24) is 5.32 Å². The van der Waals surface area contributed by atoms with Gasteiger partial charge in [-0.25, -0.2) is 0 Å². The van der Waals surface area contributed by atoms with Crippen LogP contribution in [0.25, 0.3) is 0 Å². The fourth-order valence-corrected chi connectivity index (χ4v) is 2.77. The molecule has 1 rings (SSSR count). The van der Waals surface area contributed by atoms with Crippen molar-refractivity contribution < 1.29 is 0 Å². The van der Waals surface area contributed by atoms with Gasteiger partial charge in [0.2, 0.25) is 0 Å². The summed E-state index contributed by atoms with van der Waals surface area (Å²) in [6, 6.07) is 0. The Bertz CT molecular complexity index is 103. The SMILES string of the molecule is NCCNCCC1CCSCC1. The molecular weight excluding hydrogens is 168 g/mol. The Morgan fingerprint density at radius 2 is 2.00 bits per heavy atom. The summed E-state index contributed by atoms with van der Waals surface area (Å²) >= 11 is 2.10. The molecular formula is C9H20N2S. The summed E-state index contributed by atoms with van der Waals surface area (Å²) in [5.41, 5.74) is 5.38. The first-order chi connectivity index (χ1) is 5.93. The number of rotatable bonds is 5. The number of hydrogen-bond donors (Lipinski definition) is 2. The Morgan fingerprint density at radius 3 is 2.67 bits per heavy atom. The fourth-order valence-electron chi connectivity index (χ4n) is 1.57. The maximum absolute atomic E-state index is 5.38. The first kappa shape index (κ1) is 10.4. The fraction of sp³-hybridized carbons (Fsp3) is 1.00. The monoisotopic (exact) mass is 188 g/mol. The minimum atomic E-state index is 0.764. The van der Waals surface area contributed by atoms with Crippen molar-refractivity contribution in [3.63, 3.8) is 0 Å². The van der Waals surface area contributed by atoms with E-state index >= 15 is 0 Å². The minimum absolute atomic E-state index is 0.764. The van der Waals surface area contributed by atoms with Gasteiger partial charge < -0.3 is 11.1 Å². The molecule has 1 fully saturated rings. The topological polar surface area (TPSA) is 38.0 Å². The lowest BCUT2D eigenvalue weighted by molar-refractivity contribution is 0.439. The highest BCUT2D eigenvalue weighted by Crippen LogP contribution is 2.24. The van der Waals surface area contributed by atoms with Gasteiger partial charge in [-0.1, -0.05) is 0 Å². The third kappa shape index (κ3) is 4.33. The molecule has 72 valence electrons. The van der Waals surface area contributed by atoms with Gasteiger partial charge in [0.15, 0.2) is 0 Å². The van der Waals surface area contributed by atoms with Crippen LogP contribution < -0.4 is 11.1 Å². The second-order valence-corrected chi connectivity index (χ2v) is 4.61. The van der Waals surface area contributed by atoms with Crippen LogP contribution in [0, 0.1) is 5.92 Å². The molecule has 1 saturated heterocycles. The van der Waals surface area contributed by atoms with Crippen LogP contribution in [0.2, 0.25) is 0 Å². The van der Waals surface area contributed by atoms with Crippen LogP contribution in [0.15, 0.2) is 0 Å². The molecule has 0 bridgehead atoms. The average molecular weight is 188 g/mol. The molecule has 0 aliphatic carbocycles. The van der Waals surface area contributed by atoms with Crippen molar-refractivity contribution >= 4 is 11.8 Å². The Morgan fingerprint density at radius 1 is 1.25 bits per heavy atom. The molecule has 0 atom stereocenters. The van der Waals surface area contributed by atoms with Crippen molar-refractivity contribution in [1.29, 1.82) is 0 Å². The maximum atomic E-state index is 5.38. The van der Waals surface area contributed by atoms with E-state index in [1.54, 1.807) is 0 Å². The first-order valence-corrected chi connectivity index (χ1v) is 6.07. The number of nitrogens with one attached hydrogen (secondary N) is 1. The van der Waals surface area contributed by atoms with E-state index in [-0.39, 0.29) is 0 Å². The predicted molar refractivity (Wildman–Crippen MR) is 56.6 cm³/mol. The number of hydrogen-bond acceptors (Lipinski definition) is 3. The molecule has 0 saturated carbocycles. The highest BCUT2D eigenvalue weighted by Gasteiger charge is 2.12. The third-order valence-electron chi connectivity index (χ3n) is 2.39. The largest absolute Gasteiger partial charge is 0.329 e. The van der Waals surface area contributed by atoms with Gasteiger partial charge in [-0.05, 0) is 43.2 Å². The highest BCUT2D eigenvalue weighted by molar-refractivity contribution is 7.99. The molecule has 1 aliphatic heterocycles. The Kier molecular flexibility index (Phi) is 5.82. The molecule has 0 amide bonds. The van der Waals surface area contributed by atoms with Crippen LogP contribution in [0.5, 0.6) is 0 Å². The van der Waals surface area contributed by atoms with E-state index in [0.717, 1.165) is 25.6 Å². The molecule has 0 unspecified atom stereocenters. The second kappa shape index (κ2) is 6.75. The van der Waals surface area contributed by atoms with Gasteiger partial charge in [0.25, 0.3) is 0 Å². The van der Waals surface area contributed by atoms with Crippen molar-refractivity contribution in [2.75, 3.05) is 31.1 Å². The van der Waals surface area contributed by atoms with Crippen LogP contribution in [0.4, 0.5) is 0 Å². The summed E-state index contributed by atoms with van der Waals surface area (Å²) in [5.74, 6) is 3.74. The standard InChI is InChI=1S/C9H20N2S/c10-4-6-11-5-1-9-2-7-12-8-3-9/h9,11H,1-8,10H2.